The summed E-state index contributed by atoms with van der Waals surface area (Å²) in [6.07, 6.45) is 60.0. The van der Waals surface area contributed by atoms with Crippen molar-refractivity contribution in [1.82, 2.24) is 5.32 Å². The molecule has 7 atom stereocenters. The molecule has 0 aromatic rings. The Hall–Kier alpha value is -1.33. The van der Waals surface area contributed by atoms with Gasteiger partial charge < -0.3 is 40.3 Å². The predicted octanol–water partition coefficient (Wildman–Crippen LogP) is 15.7. The molecule has 71 heavy (non-hydrogen) atoms. The Morgan fingerprint density at radius 3 is 1.18 bits per heavy atom. The van der Waals surface area contributed by atoms with Gasteiger partial charge in [0.05, 0.1) is 25.4 Å². The average molecular weight is 1010 g/mol. The Balaban J connectivity index is 2.08. The van der Waals surface area contributed by atoms with Crippen LogP contribution in [0.4, 0.5) is 0 Å². The van der Waals surface area contributed by atoms with Crippen LogP contribution < -0.4 is 5.32 Å². The summed E-state index contributed by atoms with van der Waals surface area (Å²) in [5.74, 6) is -0.181. The molecule has 6 N–H and O–H groups in total. The van der Waals surface area contributed by atoms with Gasteiger partial charge in [0.1, 0.15) is 24.4 Å². The van der Waals surface area contributed by atoms with Crippen LogP contribution in [0.3, 0.4) is 0 Å². The number of aliphatic hydroxyl groups is 5. The Morgan fingerprint density at radius 1 is 0.465 bits per heavy atom. The summed E-state index contributed by atoms with van der Waals surface area (Å²) < 4.78 is 11.2. The molecule has 1 saturated heterocycles. The third-order valence-electron chi connectivity index (χ3n) is 15.0. The predicted molar refractivity (Wildman–Crippen MR) is 300 cm³/mol. The third kappa shape index (κ3) is 41.6. The summed E-state index contributed by atoms with van der Waals surface area (Å²) in [6, 6.07) is -0.818. The van der Waals surface area contributed by atoms with Crippen LogP contribution in [0.5, 0.6) is 0 Å². The fourth-order valence-corrected chi connectivity index (χ4v) is 10.1. The SMILES string of the molecule is CCCCCCCCCC/C=C/CC/C=C/C(O)C(COC1OC(CO)C(O)C(O)C1O)NC(=O)CCCCCCCCCCCCCCCCCCCCCCCCCCCCCCCCCCCC. The molecule has 1 heterocycles. The van der Waals surface area contributed by atoms with Gasteiger partial charge in [0.15, 0.2) is 6.29 Å². The second kappa shape index (κ2) is 52.1. The first-order valence-corrected chi connectivity index (χ1v) is 31.1. The van der Waals surface area contributed by atoms with E-state index >= 15 is 0 Å². The van der Waals surface area contributed by atoms with Crippen LogP contribution in [0.1, 0.15) is 309 Å². The molecule has 9 heteroatoms. The maximum atomic E-state index is 13.0. The van der Waals surface area contributed by atoms with Crippen LogP contribution in [-0.4, -0.2) is 87.5 Å². The Morgan fingerprint density at radius 2 is 0.803 bits per heavy atom. The number of allylic oxidation sites excluding steroid dienone is 3. The summed E-state index contributed by atoms with van der Waals surface area (Å²) >= 11 is 0. The molecule has 9 nitrogen and oxygen atoms in total. The molecule has 0 aromatic heterocycles. The standard InChI is InChI=1S/C62H119NO8/c1-3-5-7-9-11-13-15-17-19-20-21-22-23-24-25-26-27-28-29-30-31-32-33-34-35-36-37-38-40-42-44-46-48-50-52-58(66)63-55(54-70-62-61(69)60(68)59(67)57(53-64)71-62)56(65)51-49-47-45-43-41-39-18-16-14-12-10-8-6-4-2/h41,43,49,51,55-57,59-62,64-65,67-69H,3-40,42,44-48,50,52-54H2,1-2H3,(H,63,66)/b43-41+,51-49+. The highest BCUT2D eigenvalue weighted by atomic mass is 16.7. The molecule has 1 aliphatic rings. The van der Waals surface area contributed by atoms with Crippen LogP contribution in [0.2, 0.25) is 0 Å². The molecular formula is C62H119NO8. The van der Waals surface area contributed by atoms with Crippen molar-refractivity contribution in [1.29, 1.82) is 0 Å². The molecule has 1 amide bonds. The molecule has 0 radical (unpaired) electrons. The third-order valence-corrected chi connectivity index (χ3v) is 15.0. The maximum absolute atomic E-state index is 13.0. The molecule has 0 aromatic carbocycles. The minimum Gasteiger partial charge on any atom is -0.394 e. The summed E-state index contributed by atoms with van der Waals surface area (Å²) in [6.45, 7) is 3.79. The van der Waals surface area contributed by atoms with E-state index in [0.29, 0.717) is 6.42 Å². The first kappa shape index (κ1) is 67.7. The van der Waals surface area contributed by atoms with E-state index < -0.39 is 49.5 Å². The lowest BCUT2D eigenvalue weighted by Gasteiger charge is -2.40. The van der Waals surface area contributed by atoms with Crippen molar-refractivity contribution in [2.45, 2.75) is 352 Å². The number of rotatable bonds is 54. The van der Waals surface area contributed by atoms with E-state index in [1.807, 2.05) is 6.08 Å². The lowest BCUT2D eigenvalue weighted by Crippen LogP contribution is -2.60. The molecule has 0 aliphatic carbocycles. The van der Waals surface area contributed by atoms with Gasteiger partial charge in [-0.05, 0) is 32.1 Å². The van der Waals surface area contributed by atoms with Gasteiger partial charge in [0.2, 0.25) is 5.91 Å². The molecule has 7 unspecified atom stereocenters. The normalized spacial score (nSPS) is 19.3. The lowest BCUT2D eigenvalue weighted by atomic mass is 9.99. The number of amides is 1. The zero-order valence-corrected chi connectivity index (χ0v) is 46.8. The molecule has 0 spiro atoms. The number of carbonyl (C=O) groups is 1. The largest absolute Gasteiger partial charge is 0.394 e. The summed E-state index contributed by atoms with van der Waals surface area (Å²) in [7, 11) is 0. The second-order valence-corrected chi connectivity index (χ2v) is 21.9. The van der Waals surface area contributed by atoms with Crippen molar-refractivity contribution in [2.24, 2.45) is 0 Å². The van der Waals surface area contributed by atoms with Gasteiger partial charge in [-0.15, -0.1) is 0 Å². The van der Waals surface area contributed by atoms with Crippen molar-refractivity contribution < 1.29 is 39.8 Å². The fourth-order valence-electron chi connectivity index (χ4n) is 10.1. The molecular weight excluding hydrogens is 887 g/mol. The molecule has 1 aliphatic heterocycles. The van der Waals surface area contributed by atoms with E-state index in [-0.39, 0.29) is 12.5 Å². The van der Waals surface area contributed by atoms with Gasteiger partial charge in [-0.1, -0.05) is 295 Å². The minimum atomic E-state index is -1.57. The summed E-state index contributed by atoms with van der Waals surface area (Å²) in [5, 5.41) is 54.4. The van der Waals surface area contributed by atoms with Gasteiger partial charge >= 0.3 is 0 Å². The molecule has 0 bridgehead atoms. The molecule has 1 rings (SSSR count). The fraction of sp³-hybridized carbons (Fsp3) is 0.919. The molecule has 0 saturated carbocycles. The van der Waals surface area contributed by atoms with E-state index in [4.69, 9.17) is 9.47 Å². The smallest absolute Gasteiger partial charge is 0.220 e. The van der Waals surface area contributed by atoms with Crippen molar-refractivity contribution in [3.8, 4) is 0 Å². The van der Waals surface area contributed by atoms with Gasteiger partial charge in [0, 0.05) is 6.42 Å². The van der Waals surface area contributed by atoms with Crippen LogP contribution in [0, 0.1) is 0 Å². The number of unbranched alkanes of at least 4 members (excludes halogenated alkanes) is 42. The Kier molecular flexibility index (Phi) is 49.7. The number of ether oxygens (including phenoxy) is 2. The first-order valence-electron chi connectivity index (χ1n) is 31.1. The van der Waals surface area contributed by atoms with Crippen LogP contribution in [0.25, 0.3) is 0 Å². The zero-order chi connectivity index (χ0) is 51.5. The average Bonchev–Trinajstić information content (AvgIpc) is 3.37. The topological polar surface area (TPSA) is 149 Å². The van der Waals surface area contributed by atoms with E-state index in [1.165, 1.54) is 250 Å². The number of nitrogens with one attached hydrogen (secondary N) is 1. The number of hydrogen-bond acceptors (Lipinski definition) is 8. The van der Waals surface area contributed by atoms with Gasteiger partial charge in [-0.25, -0.2) is 0 Å². The minimum absolute atomic E-state index is 0.181. The summed E-state index contributed by atoms with van der Waals surface area (Å²) in [4.78, 5) is 13.0. The summed E-state index contributed by atoms with van der Waals surface area (Å²) in [5.41, 5.74) is 0. The van der Waals surface area contributed by atoms with Gasteiger partial charge in [-0.3, -0.25) is 4.79 Å². The monoisotopic (exact) mass is 1010 g/mol. The Bertz CT molecular complexity index is 1170. The number of hydrogen-bond donors (Lipinski definition) is 6. The molecule has 420 valence electrons. The Labute approximate surface area is 439 Å². The highest BCUT2D eigenvalue weighted by Crippen LogP contribution is 2.23. The van der Waals surface area contributed by atoms with Crippen molar-refractivity contribution in [2.75, 3.05) is 13.2 Å². The van der Waals surface area contributed by atoms with Gasteiger partial charge in [0.25, 0.3) is 0 Å². The second-order valence-electron chi connectivity index (χ2n) is 21.9. The van der Waals surface area contributed by atoms with Crippen molar-refractivity contribution in [3.63, 3.8) is 0 Å². The highest BCUT2D eigenvalue weighted by molar-refractivity contribution is 5.76. The highest BCUT2D eigenvalue weighted by Gasteiger charge is 2.44. The van der Waals surface area contributed by atoms with Crippen LogP contribution in [-0.2, 0) is 14.3 Å². The van der Waals surface area contributed by atoms with Gasteiger partial charge in [-0.2, -0.15) is 0 Å². The number of aliphatic hydroxyl groups excluding tert-OH is 5. The first-order chi connectivity index (χ1) is 34.8. The van der Waals surface area contributed by atoms with E-state index in [1.54, 1.807) is 6.08 Å². The molecule has 1 fully saturated rings. The quantitative estimate of drug-likeness (QED) is 0.0261. The van der Waals surface area contributed by atoms with E-state index in [0.717, 1.165) is 38.5 Å². The van der Waals surface area contributed by atoms with Crippen molar-refractivity contribution in [3.05, 3.63) is 24.3 Å². The van der Waals surface area contributed by atoms with E-state index in [2.05, 4.69) is 31.3 Å². The maximum Gasteiger partial charge on any atom is 0.220 e. The van der Waals surface area contributed by atoms with E-state index in [9.17, 15) is 30.3 Å². The zero-order valence-electron chi connectivity index (χ0n) is 46.8. The lowest BCUT2D eigenvalue weighted by molar-refractivity contribution is -0.302. The van der Waals surface area contributed by atoms with Crippen molar-refractivity contribution >= 4 is 5.91 Å². The number of carbonyl (C=O) groups excluding carboxylic acids is 1. The van der Waals surface area contributed by atoms with Crippen LogP contribution >= 0.6 is 0 Å². The van der Waals surface area contributed by atoms with Crippen LogP contribution in [0.15, 0.2) is 24.3 Å².